The first-order chi connectivity index (χ1) is 16.0. The van der Waals surface area contributed by atoms with Gasteiger partial charge in [0, 0.05) is 26.2 Å². The molecule has 1 fully saturated rings. The summed E-state index contributed by atoms with van der Waals surface area (Å²) in [5.41, 5.74) is 1.07. The monoisotopic (exact) mass is 488 g/mol. The molecule has 1 amide bonds. The minimum atomic E-state index is -0.567. The molecule has 0 atom stereocenters. The van der Waals surface area contributed by atoms with Crippen LogP contribution in [0.2, 0.25) is 10.0 Å². The Hall–Kier alpha value is -3.10. The molecule has 33 heavy (non-hydrogen) atoms. The van der Waals surface area contributed by atoms with Gasteiger partial charge in [0.05, 0.1) is 27.7 Å². The SMILES string of the molecule is CCOC(=O)c1nc2cc(Cl)c(Cl)cc2nc1N1CCN(C(=O)COc2ccccc2)CC1. The number of hydrogen-bond acceptors (Lipinski definition) is 7. The predicted octanol–water partition coefficient (Wildman–Crippen LogP) is 3.84. The van der Waals surface area contributed by atoms with Crippen LogP contribution < -0.4 is 9.64 Å². The van der Waals surface area contributed by atoms with Crippen LogP contribution >= 0.6 is 23.2 Å². The molecule has 1 aromatic heterocycles. The van der Waals surface area contributed by atoms with Gasteiger partial charge in [0.25, 0.3) is 5.91 Å². The van der Waals surface area contributed by atoms with Crippen LogP contribution in [-0.2, 0) is 9.53 Å². The van der Waals surface area contributed by atoms with Crippen molar-refractivity contribution in [2.75, 3.05) is 44.3 Å². The molecule has 2 heterocycles. The Morgan fingerprint density at radius 3 is 2.24 bits per heavy atom. The van der Waals surface area contributed by atoms with Gasteiger partial charge in [0.2, 0.25) is 0 Å². The van der Waals surface area contributed by atoms with Crippen LogP contribution in [0.4, 0.5) is 5.82 Å². The summed E-state index contributed by atoms with van der Waals surface area (Å²) in [5.74, 6) is 0.374. The highest BCUT2D eigenvalue weighted by molar-refractivity contribution is 6.42. The minimum absolute atomic E-state index is 0.0346. The van der Waals surface area contributed by atoms with Crippen molar-refractivity contribution in [3.63, 3.8) is 0 Å². The van der Waals surface area contributed by atoms with Crippen LogP contribution in [0.15, 0.2) is 42.5 Å². The van der Waals surface area contributed by atoms with Gasteiger partial charge in [-0.1, -0.05) is 41.4 Å². The van der Waals surface area contributed by atoms with Crippen molar-refractivity contribution in [3.8, 4) is 5.75 Å². The Labute approximate surface area is 201 Å². The third-order valence-corrected chi connectivity index (χ3v) is 5.92. The van der Waals surface area contributed by atoms with Gasteiger partial charge in [-0.05, 0) is 31.2 Å². The first kappa shape index (κ1) is 23.1. The van der Waals surface area contributed by atoms with Crippen molar-refractivity contribution >= 4 is 51.9 Å². The highest BCUT2D eigenvalue weighted by Crippen LogP contribution is 2.29. The molecule has 3 aromatic rings. The average Bonchev–Trinajstić information content (AvgIpc) is 2.83. The van der Waals surface area contributed by atoms with Crippen LogP contribution in [0.3, 0.4) is 0 Å². The molecule has 0 spiro atoms. The summed E-state index contributed by atoms with van der Waals surface area (Å²) < 4.78 is 10.8. The Morgan fingerprint density at radius 2 is 1.61 bits per heavy atom. The number of ether oxygens (including phenoxy) is 2. The maximum Gasteiger partial charge on any atom is 0.360 e. The van der Waals surface area contributed by atoms with E-state index in [-0.39, 0.29) is 24.8 Å². The van der Waals surface area contributed by atoms with Gasteiger partial charge in [0.1, 0.15) is 5.75 Å². The lowest BCUT2D eigenvalue weighted by Crippen LogP contribution is -2.50. The first-order valence-corrected chi connectivity index (χ1v) is 11.3. The second-order valence-corrected chi connectivity index (χ2v) is 8.16. The molecular formula is C23H22Cl2N4O4. The van der Waals surface area contributed by atoms with E-state index in [1.165, 1.54) is 0 Å². The number of nitrogens with zero attached hydrogens (tertiary/aromatic N) is 4. The number of carbonyl (C=O) groups excluding carboxylic acids is 2. The van der Waals surface area contributed by atoms with E-state index < -0.39 is 5.97 Å². The molecule has 1 saturated heterocycles. The molecule has 10 heteroatoms. The van der Waals surface area contributed by atoms with Crippen LogP contribution in [0.5, 0.6) is 5.75 Å². The Morgan fingerprint density at radius 1 is 0.970 bits per heavy atom. The second-order valence-electron chi connectivity index (χ2n) is 7.34. The molecule has 4 rings (SSSR count). The predicted molar refractivity (Wildman–Crippen MR) is 126 cm³/mol. The van der Waals surface area contributed by atoms with Crippen LogP contribution in [0.1, 0.15) is 17.4 Å². The van der Waals surface area contributed by atoms with E-state index in [0.717, 1.165) is 0 Å². The smallest absolute Gasteiger partial charge is 0.360 e. The number of hydrogen-bond donors (Lipinski definition) is 0. The number of rotatable bonds is 6. The summed E-state index contributed by atoms with van der Waals surface area (Å²) in [4.78, 5) is 37.9. The van der Waals surface area contributed by atoms with Crippen LogP contribution in [0, 0.1) is 0 Å². The van der Waals surface area contributed by atoms with E-state index >= 15 is 0 Å². The third kappa shape index (κ3) is 5.29. The fraction of sp³-hybridized carbons (Fsp3) is 0.304. The van der Waals surface area contributed by atoms with Crippen molar-refractivity contribution < 1.29 is 19.1 Å². The maximum absolute atomic E-state index is 12.6. The lowest BCUT2D eigenvalue weighted by atomic mass is 10.2. The van der Waals surface area contributed by atoms with E-state index in [1.807, 2.05) is 23.1 Å². The van der Waals surface area contributed by atoms with E-state index in [0.29, 0.717) is 58.8 Å². The summed E-state index contributed by atoms with van der Waals surface area (Å²) in [5, 5.41) is 0.674. The molecular weight excluding hydrogens is 467 g/mol. The minimum Gasteiger partial charge on any atom is -0.484 e. The fourth-order valence-electron chi connectivity index (χ4n) is 3.52. The lowest BCUT2D eigenvalue weighted by molar-refractivity contribution is -0.133. The number of para-hydroxylation sites is 1. The largest absolute Gasteiger partial charge is 0.484 e. The maximum atomic E-state index is 12.6. The zero-order valence-corrected chi connectivity index (χ0v) is 19.5. The third-order valence-electron chi connectivity index (χ3n) is 5.19. The van der Waals surface area contributed by atoms with Gasteiger partial charge in [-0.3, -0.25) is 4.79 Å². The van der Waals surface area contributed by atoms with Crippen molar-refractivity contribution in [2.45, 2.75) is 6.92 Å². The number of benzene rings is 2. The van der Waals surface area contributed by atoms with E-state index in [2.05, 4.69) is 9.97 Å². The van der Waals surface area contributed by atoms with Gasteiger partial charge in [0.15, 0.2) is 18.1 Å². The Balaban J connectivity index is 1.50. The van der Waals surface area contributed by atoms with Crippen molar-refractivity contribution in [3.05, 3.63) is 58.2 Å². The van der Waals surface area contributed by atoms with Gasteiger partial charge in [-0.2, -0.15) is 0 Å². The number of esters is 1. The molecule has 0 N–H and O–H groups in total. The zero-order valence-electron chi connectivity index (χ0n) is 18.0. The molecule has 0 bridgehead atoms. The highest BCUT2D eigenvalue weighted by atomic mass is 35.5. The molecule has 2 aromatic carbocycles. The van der Waals surface area contributed by atoms with Gasteiger partial charge in [-0.15, -0.1) is 0 Å². The fourth-order valence-corrected chi connectivity index (χ4v) is 3.84. The topological polar surface area (TPSA) is 84.9 Å². The number of halogens is 2. The van der Waals surface area contributed by atoms with Gasteiger partial charge >= 0.3 is 5.97 Å². The number of carbonyl (C=O) groups is 2. The number of aromatic nitrogens is 2. The molecule has 1 aliphatic heterocycles. The molecule has 172 valence electrons. The number of anilines is 1. The van der Waals surface area contributed by atoms with Crippen LogP contribution in [0.25, 0.3) is 11.0 Å². The molecule has 1 aliphatic rings. The summed E-state index contributed by atoms with van der Waals surface area (Å²) in [7, 11) is 0. The molecule has 0 radical (unpaired) electrons. The Bertz CT molecular complexity index is 1170. The van der Waals surface area contributed by atoms with Gasteiger partial charge < -0.3 is 19.3 Å². The van der Waals surface area contributed by atoms with E-state index in [1.54, 1.807) is 36.1 Å². The zero-order chi connectivity index (χ0) is 23.4. The molecule has 8 nitrogen and oxygen atoms in total. The summed E-state index contributed by atoms with van der Waals surface area (Å²) in [6, 6.07) is 12.4. The van der Waals surface area contributed by atoms with Crippen molar-refractivity contribution in [1.29, 1.82) is 0 Å². The highest BCUT2D eigenvalue weighted by Gasteiger charge is 2.27. The second kappa shape index (κ2) is 10.2. The summed E-state index contributed by atoms with van der Waals surface area (Å²) in [6.07, 6.45) is 0. The number of amides is 1. The number of piperazine rings is 1. The van der Waals surface area contributed by atoms with Crippen LogP contribution in [-0.4, -0.2) is 66.1 Å². The number of fused-ring (bicyclic) bond motifs is 1. The quantitative estimate of drug-likeness (QED) is 0.487. The van der Waals surface area contributed by atoms with Crippen molar-refractivity contribution in [2.24, 2.45) is 0 Å². The molecule has 0 aliphatic carbocycles. The van der Waals surface area contributed by atoms with E-state index in [4.69, 9.17) is 32.7 Å². The van der Waals surface area contributed by atoms with Crippen molar-refractivity contribution in [1.82, 2.24) is 14.9 Å². The molecule has 0 saturated carbocycles. The summed E-state index contributed by atoms with van der Waals surface area (Å²) >= 11 is 12.3. The Kier molecular flexibility index (Phi) is 7.15. The van der Waals surface area contributed by atoms with Gasteiger partial charge in [-0.25, -0.2) is 14.8 Å². The first-order valence-electron chi connectivity index (χ1n) is 10.5. The summed E-state index contributed by atoms with van der Waals surface area (Å²) in [6.45, 7) is 3.78. The standard InChI is InChI=1S/C23H22Cl2N4O4/c1-2-32-23(31)21-22(27-19-13-17(25)16(24)12-18(19)26-21)29-10-8-28(9-11-29)20(30)14-33-15-6-4-3-5-7-15/h3-7,12-13H,2,8-11,14H2,1H3. The average molecular weight is 489 g/mol. The normalized spacial score (nSPS) is 13.8. The molecule has 0 unspecified atom stereocenters. The lowest BCUT2D eigenvalue weighted by Gasteiger charge is -2.35. The van der Waals surface area contributed by atoms with E-state index in [9.17, 15) is 9.59 Å².